The number of imidazole rings is 1. The van der Waals surface area contributed by atoms with Gasteiger partial charge in [-0.1, -0.05) is 0 Å². The number of methoxy groups -OCH3 is 1. The summed E-state index contributed by atoms with van der Waals surface area (Å²) < 4.78 is 55.0. The molecule has 12 nitrogen and oxygen atoms in total. The van der Waals surface area contributed by atoms with Crippen LogP contribution in [0.2, 0.25) is 0 Å². The second kappa shape index (κ2) is 14.5. The number of pyridine rings is 2. The molecule has 3 aromatic heterocycles. The largest absolute Gasteiger partial charge is 0.493 e. The van der Waals surface area contributed by atoms with Gasteiger partial charge in [0.1, 0.15) is 28.3 Å². The maximum Gasteiger partial charge on any atom is 0.269 e. The van der Waals surface area contributed by atoms with Crippen LogP contribution in [-0.4, -0.2) is 76.5 Å². The Morgan fingerprint density at radius 3 is 2.49 bits per heavy atom. The number of halogens is 2. The molecular weight excluding hydrogens is 662 g/mol. The number of carbonyl (C=O) groups excluding carboxylic acids is 1. The number of amides is 1. The van der Waals surface area contributed by atoms with E-state index in [0.29, 0.717) is 51.6 Å². The fourth-order valence-corrected chi connectivity index (χ4v) is 5.99. The van der Waals surface area contributed by atoms with Gasteiger partial charge in [0.15, 0.2) is 23.1 Å². The minimum Gasteiger partial charge on any atom is -0.493 e. The van der Waals surface area contributed by atoms with Crippen LogP contribution in [0.25, 0.3) is 27.8 Å². The zero-order valence-corrected chi connectivity index (χ0v) is 27.9. The molecule has 0 spiro atoms. The molecule has 1 aliphatic rings. The van der Waals surface area contributed by atoms with Crippen molar-refractivity contribution >= 4 is 33.7 Å². The molecule has 262 valence electrons. The summed E-state index contributed by atoms with van der Waals surface area (Å²) in [4.78, 5) is 38.1. The van der Waals surface area contributed by atoms with Crippen molar-refractivity contribution in [3.8, 4) is 28.7 Å². The van der Waals surface area contributed by atoms with E-state index >= 15 is 4.39 Å². The van der Waals surface area contributed by atoms with E-state index in [0.717, 1.165) is 45.3 Å². The summed E-state index contributed by atoms with van der Waals surface area (Å²) in [5.74, 6) is -0.758. The maximum absolute atomic E-state index is 15.5. The van der Waals surface area contributed by atoms with Crippen molar-refractivity contribution in [3.05, 3.63) is 107 Å². The zero-order chi connectivity index (χ0) is 35.5. The predicted octanol–water partition coefficient (Wildman–Crippen LogP) is 5.70. The van der Waals surface area contributed by atoms with Crippen molar-refractivity contribution in [1.82, 2.24) is 24.0 Å². The second-order valence-electron chi connectivity index (χ2n) is 11.9. The molecule has 0 bridgehead atoms. The number of nitrogens with one attached hydrogen (secondary N) is 1. The summed E-state index contributed by atoms with van der Waals surface area (Å²) in [6, 6.07) is 15.7. The number of carbonyl (C=O) groups is 1. The number of anilines is 1. The molecule has 0 unspecified atom stereocenters. The standard InChI is InChI=1S/C37H34F2N6O6/c1-43-22-41-30-19-27(37(47)45(36(30)43)25-7-4-23(38)5-8-25)35(46)42-24-6-9-32(28(39)18-24)51-31-10-11-40-29-21-34(33(48-2)20-26(29)31)50-15-3-12-44-13-16-49-17-14-44/h4-11,18-22H,3,12-17H2,1-2H3,(H,42,46). The van der Waals surface area contributed by atoms with Crippen molar-refractivity contribution in [2.45, 2.75) is 6.42 Å². The Morgan fingerprint density at radius 2 is 1.73 bits per heavy atom. The molecule has 51 heavy (non-hydrogen) atoms. The van der Waals surface area contributed by atoms with Gasteiger partial charge in [-0.25, -0.2) is 13.8 Å². The molecule has 0 radical (unpaired) electrons. The van der Waals surface area contributed by atoms with E-state index in [1.54, 1.807) is 36.0 Å². The molecule has 4 heterocycles. The van der Waals surface area contributed by atoms with E-state index in [1.165, 1.54) is 60.5 Å². The number of morpholine rings is 1. The Bertz CT molecular complexity index is 2290. The number of nitrogens with zero attached hydrogens (tertiary/aromatic N) is 5. The highest BCUT2D eigenvalue weighted by Gasteiger charge is 2.21. The normalized spacial score (nSPS) is 13.4. The number of hydrogen-bond acceptors (Lipinski definition) is 9. The Hall–Kier alpha value is -5.86. The third-order valence-electron chi connectivity index (χ3n) is 8.57. The Morgan fingerprint density at radius 1 is 0.922 bits per heavy atom. The average molecular weight is 697 g/mol. The van der Waals surface area contributed by atoms with Crippen molar-refractivity contribution in [3.63, 3.8) is 0 Å². The van der Waals surface area contributed by atoms with E-state index in [-0.39, 0.29) is 17.0 Å². The minimum absolute atomic E-state index is 0.0929. The van der Waals surface area contributed by atoms with Gasteiger partial charge >= 0.3 is 0 Å². The van der Waals surface area contributed by atoms with E-state index in [4.69, 9.17) is 18.9 Å². The third kappa shape index (κ3) is 7.09. The first-order chi connectivity index (χ1) is 24.8. The molecule has 7 rings (SSSR count). The van der Waals surface area contributed by atoms with E-state index < -0.39 is 23.1 Å². The van der Waals surface area contributed by atoms with Gasteiger partial charge in [0.05, 0.1) is 44.5 Å². The molecule has 0 aliphatic carbocycles. The van der Waals surface area contributed by atoms with Crippen LogP contribution in [0.1, 0.15) is 16.8 Å². The maximum atomic E-state index is 15.5. The van der Waals surface area contributed by atoms with Gasteiger partial charge in [0.25, 0.3) is 11.5 Å². The number of aryl methyl sites for hydroxylation is 1. The van der Waals surface area contributed by atoms with Crippen LogP contribution in [0, 0.1) is 11.6 Å². The van der Waals surface area contributed by atoms with Crippen LogP contribution in [0.15, 0.2) is 84.0 Å². The Labute approximate surface area is 290 Å². The molecule has 1 amide bonds. The molecule has 0 saturated carbocycles. The van der Waals surface area contributed by atoms with E-state index in [1.807, 2.05) is 0 Å². The number of ether oxygens (including phenoxy) is 4. The highest BCUT2D eigenvalue weighted by molar-refractivity contribution is 6.05. The summed E-state index contributed by atoms with van der Waals surface area (Å²) in [6.07, 6.45) is 3.89. The SMILES string of the molecule is COc1cc2c(Oc3ccc(NC(=O)c4cc5ncn(C)c5n(-c5ccc(F)cc5)c4=O)cc3F)ccnc2cc1OCCCN1CCOCC1. The summed E-state index contributed by atoms with van der Waals surface area (Å²) in [6.45, 7) is 4.71. The highest BCUT2D eigenvalue weighted by Crippen LogP contribution is 2.38. The van der Waals surface area contributed by atoms with E-state index in [9.17, 15) is 14.0 Å². The van der Waals surface area contributed by atoms with Gasteiger partial charge < -0.3 is 28.8 Å². The first-order valence-electron chi connectivity index (χ1n) is 16.3. The zero-order valence-electron chi connectivity index (χ0n) is 27.9. The molecule has 6 aromatic rings. The molecule has 1 N–H and O–H groups in total. The molecule has 1 aliphatic heterocycles. The second-order valence-corrected chi connectivity index (χ2v) is 11.9. The van der Waals surface area contributed by atoms with Crippen LogP contribution >= 0.6 is 0 Å². The monoisotopic (exact) mass is 696 g/mol. The van der Waals surface area contributed by atoms with Crippen LogP contribution in [-0.2, 0) is 11.8 Å². The van der Waals surface area contributed by atoms with Gasteiger partial charge in [-0.2, -0.15) is 0 Å². The smallest absolute Gasteiger partial charge is 0.269 e. The number of rotatable bonds is 11. The van der Waals surface area contributed by atoms with Gasteiger partial charge in [0.2, 0.25) is 0 Å². The van der Waals surface area contributed by atoms with Crippen molar-refractivity contribution in [1.29, 1.82) is 0 Å². The lowest BCUT2D eigenvalue weighted by molar-refractivity contribution is 0.0357. The van der Waals surface area contributed by atoms with Crippen LogP contribution in [0.3, 0.4) is 0 Å². The average Bonchev–Trinajstić information content (AvgIpc) is 3.51. The van der Waals surface area contributed by atoms with Crippen LogP contribution < -0.4 is 25.1 Å². The lowest BCUT2D eigenvalue weighted by Crippen LogP contribution is -2.37. The van der Waals surface area contributed by atoms with Gasteiger partial charge in [0, 0.05) is 56.1 Å². The summed E-state index contributed by atoms with van der Waals surface area (Å²) in [5.41, 5.74) is 0.903. The molecule has 3 aromatic carbocycles. The summed E-state index contributed by atoms with van der Waals surface area (Å²) in [5, 5.41) is 3.17. The molecular formula is C37H34F2N6O6. The highest BCUT2D eigenvalue weighted by atomic mass is 19.1. The number of benzene rings is 3. The number of aromatic nitrogens is 4. The quantitative estimate of drug-likeness (QED) is 0.170. The van der Waals surface area contributed by atoms with Gasteiger partial charge in [-0.15, -0.1) is 0 Å². The fourth-order valence-electron chi connectivity index (χ4n) is 5.99. The Balaban J connectivity index is 1.08. The lowest BCUT2D eigenvalue weighted by Gasteiger charge is -2.26. The van der Waals surface area contributed by atoms with Gasteiger partial charge in [-0.3, -0.25) is 24.0 Å². The van der Waals surface area contributed by atoms with E-state index in [2.05, 4.69) is 20.2 Å². The Kier molecular flexibility index (Phi) is 9.59. The first-order valence-corrected chi connectivity index (χ1v) is 16.3. The topological polar surface area (TPSA) is 122 Å². The number of fused-ring (bicyclic) bond motifs is 2. The molecule has 0 atom stereocenters. The molecule has 1 fully saturated rings. The van der Waals surface area contributed by atoms with Crippen LogP contribution in [0.5, 0.6) is 23.0 Å². The predicted molar refractivity (Wildman–Crippen MR) is 186 cm³/mol. The third-order valence-corrected chi connectivity index (χ3v) is 8.57. The summed E-state index contributed by atoms with van der Waals surface area (Å²) >= 11 is 0. The lowest BCUT2D eigenvalue weighted by atomic mass is 10.1. The first kappa shape index (κ1) is 33.6. The van der Waals surface area contributed by atoms with Crippen LogP contribution in [0.4, 0.5) is 14.5 Å². The fraction of sp³-hybridized carbons (Fsp3) is 0.243. The summed E-state index contributed by atoms with van der Waals surface area (Å²) in [7, 11) is 3.24. The molecule has 1 saturated heterocycles. The van der Waals surface area contributed by atoms with Crippen molar-refractivity contribution in [2.75, 3.05) is 51.9 Å². The molecule has 14 heteroatoms. The number of hydrogen-bond donors (Lipinski definition) is 1. The van der Waals surface area contributed by atoms with Crippen molar-refractivity contribution < 1.29 is 32.5 Å². The van der Waals surface area contributed by atoms with Crippen molar-refractivity contribution in [2.24, 2.45) is 7.05 Å². The minimum atomic E-state index is -0.775. The van der Waals surface area contributed by atoms with Gasteiger partial charge in [-0.05, 0) is 61.0 Å².